The molecule has 0 atom stereocenters. The van der Waals surface area contributed by atoms with Gasteiger partial charge >= 0.3 is 0 Å². The molecule has 0 radical (unpaired) electrons. The number of halogens is 1. The lowest BCUT2D eigenvalue weighted by atomic mass is 10.00. The van der Waals surface area contributed by atoms with Crippen molar-refractivity contribution in [3.63, 3.8) is 0 Å². The summed E-state index contributed by atoms with van der Waals surface area (Å²) in [4.78, 5) is 20.6. The minimum absolute atomic E-state index is 0.515. The van der Waals surface area contributed by atoms with Gasteiger partial charge in [-0.05, 0) is 24.3 Å². The zero-order valence-corrected chi connectivity index (χ0v) is 17.3. The SMILES string of the molecule is COc1ncc(Cl)cc1-c1cc(N2CCOCC2)nc2c(C3=CC=NC3)nccc12. The number of rotatable bonds is 4. The van der Waals surface area contributed by atoms with Crippen molar-refractivity contribution in [2.75, 3.05) is 44.9 Å². The van der Waals surface area contributed by atoms with Crippen LogP contribution in [0.25, 0.3) is 27.6 Å². The van der Waals surface area contributed by atoms with Gasteiger partial charge in [-0.1, -0.05) is 11.6 Å². The topological polar surface area (TPSA) is 72.7 Å². The maximum atomic E-state index is 6.30. The molecule has 3 aromatic heterocycles. The Bertz CT molecular complexity index is 1170. The highest BCUT2D eigenvalue weighted by molar-refractivity contribution is 6.30. The van der Waals surface area contributed by atoms with E-state index < -0.39 is 0 Å². The molecular formula is C22H20ClN5O2. The van der Waals surface area contributed by atoms with Crippen molar-refractivity contribution in [1.29, 1.82) is 0 Å². The average molecular weight is 422 g/mol. The maximum Gasteiger partial charge on any atom is 0.221 e. The minimum atomic E-state index is 0.515. The van der Waals surface area contributed by atoms with E-state index in [2.05, 4.69) is 25.9 Å². The zero-order valence-electron chi connectivity index (χ0n) is 16.5. The van der Waals surface area contributed by atoms with Crippen LogP contribution in [0.5, 0.6) is 5.88 Å². The van der Waals surface area contributed by atoms with Crippen LogP contribution in [0.3, 0.4) is 0 Å². The fourth-order valence-corrected chi connectivity index (χ4v) is 3.99. The number of morpholine rings is 1. The molecule has 5 rings (SSSR count). The highest BCUT2D eigenvalue weighted by Gasteiger charge is 2.21. The first kappa shape index (κ1) is 19.0. The summed E-state index contributed by atoms with van der Waals surface area (Å²) in [5, 5.41) is 1.51. The van der Waals surface area contributed by atoms with E-state index in [1.165, 1.54) is 0 Å². The Morgan fingerprint density at radius 3 is 2.77 bits per heavy atom. The molecule has 2 aliphatic heterocycles. The molecule has 30 heavy (non-hydrogen) atoms. The number of ether oxygens (including phenoxy) is 2. The number of hydrogen-bond donors (Lipinski definition) is 0. The first-order chi connectivity index (χ1) is 14.7. The van der Waals surface area contributed by atoms with E-state index in [1.54, 1.807) is 19.5 Å². The molecule has 5 heterocycles. The quantitative estimate of drug-likeness (QED) is 0.640. The van der Waals surface area contributed by atoms with E-state index in [4.69, 9.17) is 26.1 Å². The summed E-state index contributed by atoms with van der Waals surface area (Å²) in [6, 6.07) is 5.93. The highest BCUT2D eigenvalue weighted by Crippen LogP contribution is 2.38. The number of hydrogen-bond acceptors (Lipinski definition) is 7. The van der Waals surface area contributed by atoms with Gasteiger partial charge in [0.1, 0.15) is 5.82 Å². The van der Waals surface area contributed by atoms with Crippen LogP contribution in [0.1, 0.15) is 5.69 Å². The molecule has 1 fully saturated rings. The zero-order chi connectivity index (χ0) is 20.5. The molecule has 2 aliphatic rings. The molecule has 0 N–H and O–H groups in total. The third kappa shape index (κ3) is 3.40. The number of aromatic nitrogens is 3. The third-order valence-corrected chi connectivity index (χ3v) is 5.50. The van der Waals surface area contributed by atoms with Crippen LogP contribution < -0.4 is 9.64 Å². The Hall–Kier alpha value is -3.03. The molecule has 8 heteroatoms. The van der Waals surface area contributed by atoms with Gasteiger partial charge in [-0.2, -0.15) is 0 Å². The van der Waals surface area contributed by atoms with Gasteiger partial charge in [-0.15, -0.1) is 0 Å². The number of aliphatic imine (C=N–C) groups is 1. The van der Waals surface area contributed by atoms with Crippen LogP contribution >= 0.6 is 11.6 Å². The second-order valence-electron chi connectivity index (χ2n) is 7.08. The number of pyridine rings is 3. The molecule has 0 unspecified atom stereocenters. The van der Waals surface area contributed by atoms with Gasteiger partial charge in [-0.3, -0.25) is 9.98 Å². The van der Waals surface area contributed by atoms with Crippen molar-refractivity contribution in [2.24, 2.45) is 4.99 Å². The van der Waals surface area contributed by atoms with Crippen molar-refractivity contribution in [3.05, 3.63) is 47.4 Å². The molecule has 152 valence electrons. The predicted molar refractivity (Wildman–Crippen MR) is 119 cm³/mol. The second kappa shape index (κ2) is 8.01. The molecule has 0 amide bonds. The van der Waals surface area contributed by atoms with Gasteiger partial charge in [0.25, 0.3) is 0 Å². The van der Waals surface area contributed by atoms with Crippen molar-refractivity contribution >= 4 is 40.1 Å². The lowest BCUT2D eigenvalue weighted by Crippen LogP contribution is -2.36. The Kier molecular flexibility index (Phi) is 5.06. The van der Waals surface area contributed by atoms with Crippen LogP contribution in [0.4, 0.5) is 5.82 Å². The average Bonchev–Trinajstić information content (AvgIpc) is 3.33. The van der Waals surface area contributed by atoms with Gasteiger partial charge in [0.15, 0.2) is 0 Å². The lowest BCUT2D eigenvalue weighted by molar-refractivity contribution is 0.122. The molecule has 0 saturated carbocycles. The first-order valence-corrected chi connectivity index (χ1v) is 10.1. The van der Waals surface area contributed by atoms with Gasteiger partial charge in [0.05, 0.1) is 43.1 Å². The van der Waals surface area contributed by atoms with Gasteiger partial charge < -0.3 is 14.4 Å². The summed E-state index contributed by atoms with van der Waals surface area (Å²) in [6.45, 7) is 3.52. The Labute approximate surface area is 179 Å². The number of nitrogens with zero attached hydrogens (tertiary/aromatic N) is 5. The number of fused-ring (bicyclic) bond motifs is 1. The molecule has 0 spiro atoms. The molecule has 0 bridgehead atoms. The van der Waals surface area contributed by atoms with Crippen molar-refractivity contribution in [1.82, 2.24) is 15.0 Å². The van der Waals surface area contributed by atoms with Gasteiger partial charge in [-0.25, -0.2) is 9.97 Å². The monoisotopic (exact) mass is 421 g/mol. The minimum Gasteiger partial charge on any atom is -0.481 e. The van der Waals surface area contributed by atoms with E-state index in [0.717, 1.165) is 52.2 Å². The Morgan fingerprint density at radius 1 is 1.13 bits per heavy atom. The fraction of sp³-hybridized carbons (Fsp3) is 0.273. The Morgan fingerprint density at radius 2 is 2.00 bits per heavy atom. The predicted octanol–water partition coefficient (Wildman–Crippen LogP) is 3.66. The summed E-state index contributed by atoms with van der Waals surface area (Å²) < 4.78 is 11.1. The van der Waals surface area contributed by atoms with Crippen LogP contribution in [0, 0.1) is 0 Å². The number of methoxy groups -OCH3 is 1. The van der Waals surface area contributed by atoms with Crippen LogP contribution in [0.2, 0.25) is 5.02 Å². The molecular weight excluding hydrogens is 402 g/mol. The van der Waals surface area contributed by atoms with E-state index in [-0.39, 0.29) is 0 Å². The maximum absolute atomic E-state index is 6.30. The van der Waals surface area contributed by atoms with Crippen LogP contribution in [-0.4, -0.2) is 61.1 Å². The van der Waals surface area contributed by atoms with E-state index in [9.17, 15) is 0 Å². The van der Waals surface area contributed by atoms with Gasteiger partial charge in [0.2, 0.25) is 5.88 Å². The van der Waals surface area contributed by atoms with E-state index in [1.807, 2.05) is 24.4 Å². The molecule has 0 aliphatic carbocycles. The van der Waals surface area contributed by atoms with Crippen LogP contribution in [0.15, 0.2) is 41.7 Å². The molecule has 0 aromatic carbocycles. The Balaban J connectivity index is 1.78. The summed E-state index contributed by atoms with van der Waals surface area (Å²) in [6.07, 6.45) is 7.20. The van der Waals surface area contributed by atoms with E-state index in [0.29, 0.717) is 30.7 Å². The normalized spacial score (nSPS) is 16.2. The van der Waals surface area contributed by atoms with Gasteiger partial charge in [0, 0.05) is 53.8 Å². The molecule has 1 saturated heterocycles. The summed E-state index contributed by atoms with van der Waals surface area (Å²) >= 11 is 6.30. The molecule has 7 nitrogen and oxygen atoms in total. The summed E-state index contributed by atoms with van der Waals surface area (Å²) in [5.74, 6) is 1.39. The van der Waals surface area contributed by atoms with E-state index >= 15 is 0 Å². The van der Waals surface area contributed by atoms with Crippen molar-refractivity contribution in [3.8, 4) is 17.0 Å². The van der Waals surface area contributed by atoms with Crippen molar-refractivity contribution < 1.29 is 9.47 Å². The third-order valence-electron chi connectivity index (χ3n) is 5.30. The largest absolute Gasteiger partial charge is 0.481 e. The van der Waals surface area contributed by atoms with Crippen LogP contribution in [-0.2, 0) is 4.74 Å². The number of allylic oxidation sites excluding steroid dienone is 1. The lowest BCUT2D eigenvalue weighted by Gasteiger charge is -2.28. The number of anilines is 1. The highest BCUT2D eigenvalue weighted by atomic mass is 35.5. The summed E-state index contributed by atoms with van der Waals surface area (Å²) in [5.41, 5.74) is 4.50. The molecule has 3 aromatic rings. The summed E-state index contributed by atoms with van der Waals surface area (Å²) in [7, 11) is 1.61. The second-order valence-corrected chi connectivity index (χ2v) is 7.51. The van der Waals surface area contributed by atoms with Crippen molar-refractivity contribution in [2.45, 2.75) is 0 Å². The fourth-order valence-electron chi connectivity index (χ4n) is 3.83. The first-order valence-electron chi connectivity index (χ1n) is 9.76. The standard InChI is InChI=1S/C22H20ClN5O2/c1-29-22-18(10-15(23)13-26-22)17-11-19(28-6-8-30-9-7-28)27-21-16(17)3-5-25-20(21)14-2-4-24-12-14/h2-5,10-11,13H,6-9,12H2,1H3. The smallest absolute Gasteiger partial charge is 0.221 e.